The summed E-state index contributed by atoms with van der Waals surface area (Å²) in [6.07, 6.45) is 6.78. The number of rotatable bonds is 1. The fraction of sp³-hybridized carbons (Fsp3) is 0.480. The van der Waals surface area contributed by atoms with Crippen molar-refractivity contribution < 1.29 is 25.2 Å². The highest BCUT2D eigenvalue weighted by atomic mass is 16.4. The molecule has 3 aliphatic rings. The van der Waals surface area contributed by atoms with Gasteiger partial charge in [-0.25, -0.2) is 4.79 Å². The van der Waals surface area contributed by atoms with Gasteiger partial charge >= 0.3 is 5.97 Å². The molecule has 0 aliphatic heterocycles. The Morgan fingerprint density at radius 1 is 1.03 bits per heavy atom. The number of fused-ring (bicyclic) bond motifs is 5. The predicted molar refractivity (Wildman–Crippen MR) is 114 cm³/mol. The maximum Gasteiger partial charge on any atom is 0.339 e. The molecule has 0 unspecified atom stereocenters. The van der Waals surface area contributed by atoms with Crippen LogP contribution in [0, 0.1) is 17.3 Å². The summed E-state index contributed by atoms with van der Waals surface area (Å²) in [5, 5.41) is 37.4. The van der Waals surface area contributed by atoms with Gasteiger partial charge in [0.1, 0.15) is 17.1 Å². The van der Waals surface area contributed by atoms with Crippen molar-refractivity contribution in [3.05, 3.63) is 59.2 Å². The highest BCUT2D eigenvalue weighted by Crippen LogP contribution is 2.60. The van der Waals surface area contributed by atoms with Gasteiger partial charge in [-0.15, -0.1) is 0 Å². The molecule has 0 bridgehead atoms. The largest absolute Gasteiger partial charge is 0.508 e. The predicted octanol–water partition coefficient (Wildman–Crippen LogP) is 4.70. The molecule has 160 valence electrons. The Morgan fingerprint density at radius 3 is 2.50 bits per heavy atom. The molecular weight excluding hydrogens is 380 g/mol. The zero-order valence-corrected chi connectivity index (χ0v) is 17.3. The average molecular weight is 411 g/mol. The second-order valence-electron chi connectivity index (χ2n) is 9.26. The van der Waals surface area contributed by atoms with Gasteiger partial charge in [0.05, 0.1) is 6.10 Å². The molecule has 0 aromatic heterocycles. The summed E-state index contributed by atoms with van der Waals surface area (Å²) in [5.41, 5.74) is 2.92. The number of carboxylic acids is 1. The number of hydrogen-bond donors (Lipinski definition) is 4. The molecule has 4 N–H and O–H groups in total. The van der Waals surface area contributed by atoms with Crippen molar-refractivity contribution >= 4 is 5.97 Å². The van der Waals surface area contributed by atoms with Crippen LogP contribution < -0.4 is 0 Å². The molecule has 2 aromatic rings. The monoisotopic (exact) mass is 410 g/mol. The summed E-state index contributed by atoms with van der Waals surface area (Å²) >= 11 is 0. The third kappa shape index (κ3) is 3.56. The van der Waals surface area contributed by atoms with E-state index in [1.165, 1.54) is 42.5 Å². The number of phenols is 2. The van der Waals surface area contributed by atoms with Gasteiger partial charge in [-0.2, -0.15) is 0 Å². The lowest BCUT2D eigenvalue weighted by Gasteiger charge is -2.50. The number of phenolic OH excluding ortho intramolecular Hbond substituents is 1. The first kappa shape index (κ1) is 20.7. The molecule has 2 aromatic carbocycles. The number of hydrogen-bond acceptors (Lipinski definition) is 4. The van der Waals surface area contributed by atoms with E-state index in [1.807, 2.05) is 12.1 Å². The maximum atomic E-state index is 10.4. The molecule has 0 amide bonds. The second-order valence-corrected chi connectivity index (χ2v) is 9.26. The molecule has 5 heteroatoms. The zero-order chi connectivity index (χ0) is 21.5. The van der Waals surface area contributed by atoms with E-state index in [1.54, 1.807) is 12.1 Å². The van der Waals surface area contributed by atoms with Gasteiger partial charge < -0.3 is 20.4 Å². The first-order valence-corrected chi connectivity index (χ1v) is 10.8. The number of aromatic hydroxyl groups is 2. The number of carbonyl (C=O) groups is 1. The van der Waals surface area contributed by atoms with E-state index in [0.717, 1.165) is 25.2 Å². The lowest BCUT2D eigenvalue weighted by atomic mass is 9.55. The van der Waals surface area contributed by atoms with Crippen LogP contribution in [0.2, 0.25) is 0 Å². The van der Waals surface area contributed by atoms with Crippen LogP contribution in [0.4, 0.5) is 0 Å². The van der Waals surface area contributed by atoms with Crippen molar-refractivity contribution in [1.29, 1.82) is 0 Å². The maximum absolute atomic E-state index is 10.4. The summed E-state index contributed by atoms with van der Waals surface area (Å²) in [6.45, 7) is 2.32. The van der Waals surface area contributed by atoms with Gasteiger partial charge in [0, 0.05) is 0 Å². The Kier molecular flexibility index (Phi) is 5.49. The Bertz CT molecular complexity index is 939. The van der Waals surface area contributed by atoms with Crippen LogP contribution in [0.25, 0.3) is 0 Å². The third-order valence-corrected chi connectivity index (χ3v) is 7.79. The fourth-order valence-corrected chi connectivity index (χ4v) is 6.20. The summed E-state index contributed by atoms with van der Waals surface area (Å²) in [7, 11) is 0. The van der Waals surface area contributed by atoms with Crippen molar-refractivity contribution in [1.82, 2.24) is 0 Å². The molecular formula is C25H30O5. The second kappa shape index (κ2) is 7.95. The van der Waals surface area contributed by atoms with E-state index in [-0.39, 0.29) is 22.8 Å². The van der Waals surface area contributed by atoms with Crippen LogP contribution >= 0.6 is 0 Å². The lowest BCUT2D eigenvalue weighted by molar-refractivity contribution is -0.0226. The molecule has 3 aliphatic carbocycles. The summed E-state index contributed by atoms with van der Waals surface area (Å²) in [4.78, 5) is 10.3. The minimum absolute atomic E-state index is 0.0671. The number of aliphatic hydroxyl groups excluding tert-OH is 1. The van der Waals surface area contributed by atoms with Crippen LogP contribution in [0.1, 0.15) is 66.4 Å². The summed E-state index contributed by atoms with van der Waals surface area (Å²) < 4.78 is 0. The van der Waals surface area contributed by atoms with Crippen molar-refractivity contribution in [3.8, 4) is 11.5 Å². The number of aryl methyl sites for hydroxylation is 1. The van der Waals surface area contributed by atoms with E-state index in [2.05, 4.69) is 13.0 Å². The van der Waals surface area contributed by atoms with Gasteiger partial charge in [0.2, 0.25) is 0 Å². The zero-order valence-electron chi connectivity index (χ0n) is 17.3. The van der Waals surface area contributed by atoms with Crippen LogP contribution in [0.5, 0.6) is 11.5 Å². The smallest absolute Gasteiger partial charge is 0.339 e. The van der Waals surface area contributed by atoms with E-state index in [0.29, 0.717) is 17.6 Å². The van der Waals surface area contributed by atoms with E-state index < -0.39 is 5.97 Å². The Hall–Kier alpha value is -2.53. The number of aromatic carboxylic acids is 1. The van der Waals surface area contributed by atoms with Crippen molar-refractivity contribution in [2.24, 2.45) is 17.3 Å². The van der Waals surface area contributed by atoms with Gasteiger partial charge in [0.15, 0.2) is 0 Å². The molecule has 0 radical (unpaired) electrons. The molecule has 30 heavy (non-hydrogen) atoms. The average Bonchev–Trinajstić information content (AvgIpc) is 3.03. The highest BCUT2D eigenvalue weighted by Gasteiger charge is 2.54. The summed E-state index contributed by atoms with van der Waals surface area (Å²) in [5.74, 6) is 1.18. The van der Waals surface area contributed by atoms with Gasteiger partial charge in [0.25, 0.3) is 0 Å². The number of benzene rings is 2. The van der Waals surface area contributed by atoms with Crippen LogP contribution in [-0.2, 0) is 6.42 Å². The molecule has 5 rings (SSSR count). The van der Waals surface area contributed by atoms with E-state index >= 15 is 0 Å². The van der Waals surface area contributed by atoms with Crippen molar-refractivity contribution in [3.63, 3.8) is 0 Å². The van der Waals surface area contributed by atoms with Gasteiger partial charge in [-0.1, -0.05) is 25.1 Å². The van der Waals surface area contributed by atoms with Crippen LogP contribution in [0.3, 0.4) is 0 Å². The van der Waals surface area contributed by atoms with Crippen molar-refractivity contribution in [2.75, 3.05) is 0 Å². The normalized spacial score (nSPS) is 31.5. The number of aliphatic hydroxyl groups is 1. The lowest BCUT2D eigenvalue weighted by Crippen LogP contribution is -2.43. The first-order chi connectivity index (χ1) is 14.3. The highest BCUT2D eigenvalue weighted by molar-refractivity contribution is 5.90. The third-order valence-electron chi connectivity index (χ3n) is 7.79. The van der Waals surface area contributed by atoms with Crippen LogP contribution in [-0.4, -0.2) is 32.5 Å². The SMILES string of the molecule is C[C@]12CC[C@@H]3c4ccc(O)cc4CC[C@H]3[C@@H]1CC[C@@H]2O.O=C(O)c1ccccc1O. The molecule has 0 spiro atoms. The van der Waals surface area contributed by atoms with Gasteiger partial charge in [-0.05, 0) is 97.1 Å². The quantitative estimate of drug-likeness (QED) is 0.546. The van der Waals surface area contributed by atoms with E-state index in [4.69, 9.17) is 10.2 Å². The van der Waals surface area contributed by atoms with Gasteiger partial charge in [-0.3, -0.25) is 0 Å². The Balaban J connectivity index is 0.000000185. The summed E-state index contributed by atoms with van der Waals surface area (Å²) in [6, 6.07) is 11.8. The minimum atomic E-state index is -1.11. The Morgan fingerprint density at radius 2 is 1.80 bits per heavy atom. The standard InChI is InChI=1S/C18H24O2.C7H6O3/c1-18-9-8-14-13-5-3-12(19)10-11(13)2-4-15(14)16(18)6-7-17(18)20;8-6-4-2-1-3-5(6)7(9)10/h3,5,10,14-17,19-20H,2,4,6-9H2,1H3;1-4,8H,(H,9,10)/t14-,15-,16+,17+,18+;/m1./s1. The molecule has 2 fully saturated rings. The molecule has 0 saturated heterocycles. The number of carboxylic acid groups (broad SMARTS) is 1. The molecule has 0 heterocycles. The minimum Gasteiger partial charge on any atom is -0.508 e. The first-order valence-electron chi connectivity index (χ1n) is 10.8. The topological polar surface area (TPSA) is 98.0 Å². The molecule has 2 saturated carbocycles. The Labute approximate surface area is 177 Å². The van der Waals surface area contributed by atoms with Crippen molar-refractivity contribution in [2.45, 2.75) is 57.5 Å². The molecule has 5 nitrogen and oxygen atoms in total. The fourth-order valence-electron chi connectivity index (χ4n) is 6.20. The van der Waals surface area contributed by atoms with E-state index in [9.17, 15) is 15.0 Å². The van der Waals surface area contributed by atoms with Crippen LogP contribution in [0.15, 0.2) is 42.5 Å². The molecule has 5 atom stereocenters. The number of para-hydroxylation sites is 1.